The molecule has 34 heavy (non-hydrogen) atoms. The smallest absolute Gasteiger partial charge is 0.167 e. The number of methoxy groups -OCH3 is 3. The summed E-state index contributed by atoms with van der Waals surface area (Å²) in [5, 5.41) is 10.3. The van der Waals surface area contributed by atoms with Gasteiger partial charge in [0, 0.05) is 34.2 Å². The molecule has 0 aromatic rings. The van der Waals surface area contributed by atoms with Crippen molar-refractivity contribution in [3.63, 3.8) is 0 Å². The third-order valence-corrected chi connectivity index (χ3v) is 11.7. The van der Waals surface area contributed by atoms with Gasteiger partial charge in [0.2, 0.25) is 0 Å². The van der Waals surface area contributed by atoms with Crippen LogP contribution in [0.15, 0.2) is 12.2 Å². The first-order valence-corrected chi connectivity index (χ1v) is 14.0. The molecule has 4 heteroatoms. The lowest BCUT2D eigenvalue weighted by Crippen LogP contribution is -2.60. The Balaban J connectivity index is 1.57. The highest BCUT2D eigenvalue weighted by Crippen LogP contribution is 2.69. The lowest BCUT2D eigenvalue weighted by Gasteiger charge is -2.64. The Bertz CT molecular complexity index is 729. The molecule has 0 aliphatic heterocycles. The molecule has 4 fully saturated rings. The van der Waals surface area contributed by atoms with Crippen molar-refractivity contribution >= 4 is 0 Å². The molecule has 10 atom stereocenters. The average molecular weight is 477 g/mol. The Morgan fingerprint density at radius 3 is 2.15 bits per heavy atom. The molecule has 4 saturated carbocycles. The van der Waals surface area contributed by atoms with Gasteiger partial charge in [0.25, 0.3) is 0 Å². The SMILES string of the molecule is CO[C@@H]1C[C@H]2CC(OC)(OC)CC[C@]2(C)C2CC[C@@]3(C)C(CC[C@@H]3C(C)/C=C/[C@@H](O)C(C)C)C21. The summed E-state index contributed by atoms with van der Waals surface area (Å²) in [6, 6.07) is 0. The Hall–Kier alpha value is -0.420. The summed E-state index contributed by atoms with van der Waals surface area (Å²) in [5.41, 5.74) is 0.720. The molecule has 0 amide bonds. The molecule has 0 heterocycles. The van der Waals surface area contributed by atoms with Gasteiger partial charge in [-0.2, -0.15) is 0 Å². The van der Waals surface area contributed by atoms with Gasteiger partial charge < -0.3 is 19.3 Å². The molecule has 0 bridgehead atoms. The lowest BCUT2D eigenvalue weighted by atomic mass is 9.43. The summed E-state index contributed by atoms with van der Waals surface area (Å²) in [7, 11) is 5.57. The summed E-state index contributed by atoms with van der Waals surface area (Å²) in [5.74, 6) is 3.77. The van der Waals surface area contributed by atoms with Crippen LogP contribution < -0.4 is 0 Å². The molecule has 0 saturated heterocycles. The molecule has 4 aliphatic rings. The van der Waals surface area contributed by atoms with E-state index in [9.17, 15) is 5.11 Å². The zero-order valence-electron chi connectivity index (χ0n) is 23.2. The van der Waals surface area contributed by atoms with Crippen molar-refractivity contribution < 1.29 is 19.3 Å². The molecular weight excluding hydrogens is 424 g/mol. The van der Waals surface area contributed by atoms with E-state index in [0.29, 0.717) is 40.6 Å². The first-order chi connectivity index (χ1) is 16.0. The lowest BCUT2D eigenvalue weighted by molar-refractivity contribution is -0.271. The van der Waals surface area contributed by atoms with Crippen LogP contribution in [-0.2, 0) is 14.2 Å². The van der Waals surface area contributed by atoms with E-state index in [1.165, 1.54) is 32.1 Å². The molecule has 4 nitrogen and oxygen atoms in total. The van der Waals surface area contributed by atoms with Crippen LogP contribution in [0.4, 0.5) is 0 Å². The fourth-order valence-corrected chi connectivity index (χ4v) is 9.39. The van der Waals surface area contributed by atoms with E-state index in [1.807, 2.05) is 21.3 Å². The summed E-state index contributed by atoms with van der Waals surface area (Å²) >= 11 is 0. The van der Waals surface area contributed by atoms with E-state index in [4.69, 9.17) is 14.2 Å². The van der Waals surface area contributed by atoms with E-state index in [-0.39, 0.29) is 12.0 Å². The van der Waals surface area contributed by atoms with E-state index >= 15 is 0 Å². The minimum absolute atomic E-state index is 0.273. The van der Waals surface area contributed by atoms with E-state index in [2.05, 4.69) is 46.8 Å². The standard InChI is InChI=1S/C30H52O4/c1-19(2)25(31)12-9-20(3)22-10-11-23-27-24(13-14-29(22,23)5)28(4)15-16-30(33-7,34-8)18-21(28)17-26(27)32-6/h9,12,19-27,31H,10-11,13-18H2,1-8H3/b12-9+/t20?,21-,22+,23?,24?,25+,26+,27?,28-,29+/m0/s1. The highest BCUT2D eigenvalue weighted by Gasteiger charge is 2.64. The van der Waals surface area contributed by atoms with Crippen LogP contribution in [-0.4, -0.2) is 44.4 Å². The van der Waals surface area contributed by atoms with Crippen LogP contribution in [0.1, 0.15) is 86.0 Å². The van der Waals surface area contributed by atoms with Gasteiger partial charge >= 0.3 is 0 Å². The maximum Gasteiger partial charge on any atom is 0.167 e. The first kappa shape index (κ1) is 26.6. The van der Waals surface area contributed by atoms with Gasteiger partial charge in [-0.1, -0.05) is 46.8 Å². The Labute approximate surface area is 209 Å². The number of fused-ring (bicyclic) bond motifs is 5. The van der Waals surface area contributed by atoms with Gasteiger partial charge in [0.05, 0.1) is 12.2 Å². The van der Waals surface area contributed by atoms with Crippen molar-refractivity contribution in [2.24, 2.45) is 52.3 Å². The number of aliphatic hydroxyl groups is 1. The topological polar surface area (TPSA) is 47.9 Å². The highest BCUT2D eigenvalue weighted by molar-refractivity contribution is 5.14. The molecule has 0 radical (unpaired) electrons. The second-order valence-corrected chi connectivity index (χ2v) is 13.2. The Morgan fingerprint density at radius 2 is 1.53 bits per heavy atom. The van der Waals surface area contributed by atoms with Gasteiger partial charge in [-0.15, -0.1) is 0 Å². The van der Waals surface area contributed by atoms with Crippen LogP contribution in [0.3, 0.4) is 0 Å². The van der Waals surface area contributed by atoms with Crippen molar-refractivity contribution in [1.29, 1.82) is 0 Å². The fourth-order valence-electron chi connectivity index (χ4n) is 9.39. The zero-order valence-corrected chi connectivity index (χ0v) is 23.2. The quantitative estimate of drug-likeness (QED) is 0.338. The molecule has 0 aromatic carbocycles. The van der Waals surface area contributed by atoms with Crippen LogP contribution >= 0.6 is 0 Å². The summed E-state index contributed by atoms with van der Waals surface area (Å²) in [4.78, 5) is 0. The summed E-state index contributed by atoms with van der Waals surface area (Å²) < 4.78 is 18.2. The first-order valence-electron chi connectivity index (χ1n) is 14.0. The second-order valence-electron chi connectivity index (χ2n) is 13.2. The van der Waals surface area contributed by atoms with Crippen LogP contribution in [0.2, 0.25) is 0 Å². The second kappa shape index (κ2) is 9.80. The maximum atomic E-state index is 10.3. The van der Waals surface area contributed by atoms with Crippen molar-refractivity contribution in [3.8, 4) is 0 Å². The normalized spacial score (nSPS) is 45.6. The molecular formula is C30H52O4. The van der Waals surface area contributed by atoms with Crippen LogP contribution in [0.25, 0.3) is 0 Å². The van der Waals surface area contributed by atoms with Crippen molar-refractivity contribution in [2.45, 2.75) is 104 Å². The van der Waals surface area contributed by atoms with Gasteiger partial charge in [-0.05, 0) is 90.8 Å². The largest absolute Gasteiger partial charge is 0.389 e. The number of allylic oxidation sites excluding steroid dienone is 1. The molecule has 4 unspecified atom stereocenters. The maximum absolute atomic E-state index is 10.3. The number of hydrogen-bond donors (Lipinski definition) is 1. The van der Waals surface area contributed by atoms with E-state index in [1.54, 1.807) is 0 Å². The third-order valence-electron chi connectivity index (χ3n) is 11.7. The van der Waals surface area contributed by atoms with Gasteiger partial charge in [-0.25, -0.2) is 0 Å². The number of hydrogen-bond acceptors (Lipinski definition) is 4. The molecule has 0 spiro atoms. The molecule has 0 aromatic heterocycles. The summed E-state index contributed by atoms with van der Waals surface area (Å²) in [6.45, 7) is 11.7. The summed E-state index contributed by atoms with van der Waals surface area (Å²) in [6.07, 6.45) is 14.0. The average Bonchev–Trinajstić information content (AvgIpc) is 3.18. The molecule has 1 N–H and O–H groups in total. The Morgan fingerprint density at radius 1 is 0.853 bits per heavy atom. The molecule has 196 valence electrons. The van der Waals surface area contributed by atoms with Crippen LogP contribution in [0.5, 0.6) is 0 Å². The van der Waals surface area contributed by atoms with Crippen LogP contribution in [0, 0.1) is 52.3 Å². The minimum Gasteiger partial charge on any atom is -0.389 e. The molecule has 4 rings (SSSR count). The highest BCUT2D eigenvalue weighted by atomic mass is 16.7. The minimum atomic E-state index is -0.417. The number of aliphatic hydroxyl groups excluding tert-OH is 1. The van der Waals surface area contributed by atoms with Crippen molar-refractivity contribution in [3.05, 3.63) is 12.2 Å². The van der Waals surface area contributed by atoms with E-state index < -0.39 is 5.79 Å². The number of ether oxygens (including phenoxy) is 3. The van der Waals surface area contributed by atoms with Gasteiger partial charge in [-0.3, -0.25) is 0 Å². The zero-order chi connectivity index (χ0) is 24.9. The van der Waals surface area contributed by atoms with Crippen molar-refractivity contribution in [2.75, 3.05) is 21.3 Å². The monoisotopic (exact) mass is 476 g/mol. The van der Waals surface area contributed by atoms with Gasteiger partial charge in [0.15, 0.2) is 5.79 Å². The van der Waals surface area contributed by atoms with Gasteiger partial charge in [0.1, 0.15) is 0 Å². The fraction of sp³-hybridized carbons (Fsp3) is 0.933. The number of rotatable bonds is 7. The predicted octanol–water partition coefficient (Wildman–Crippen LogP) is 6.47. The predicted molar refractivity (Wildman–Crippen MR) is 137 cm³/mol. The Kier molecular flexibility index (Phi) is 7.68. The molecule has 4 aliphatic carbocycles. The van der Waals surface area contributed by atoms with Crippen molar-refractivity contribution in [1.82, 2.24) is 0 Å². The van der Waals surface area contributed by atoms with E-state index in [0.717, 1.165) is 31.1 Å². The third kappa shape index (κ3) is 4.23.